The maximum absolute atomic E-state index is 12.0. The smallest absolute Gasteiger partial charge is 0.238 e. The zero-order valence-corrected chi connectivity index (χ0v) is 15.0. The number of halogens is 1. The van der Waals surface area contributed by atoms with Crippen LogP contribution in [0.3, 0.4) is 0 Å². The minimum atomic E-state index is -0.392. The molecule has 0 saturated heterocycles. The number of carbonyl (C=O) groups is 2. The summed E-state index contributed by atoms with van der Waals surface area (Å²) in [7, 11) is 0. The van der Waals surface area contributed by atoms with Crippen molar-refractivity contribution in [3.63, 3.8) is 0 Å². The number of rotatable bonds is 6. The molecule has 1 heterocycles. The van der Waals surface area contributed by atoms with Crippen molar-refractivity contribution >= 4 is 51.0 Å². The first-order valence-electron chi connectivity index (χ1n) is 6.86. The van der Waals surface area contributed by atoms with Crippen LogP contribution in [0.5, 0.6) is 0 Å². The van der Waals surface area contributed by atoms with E-state index in [0.29, 0.717) is 17.3 Å². The Kier molecular flexibility index (Phi) is 6.23. The number of amides is 2. The highest BCUT2D eigenvalue weighted by Gasteiger charge is 2.17. The zero-order valence-electron chi connectivity index (χ0n) is 12.6. The Morgan fingerprint density at radius 1 is 1.35 bits per heavy atom. The summed E-state index contributed by atoms with van der Waals surface area (Å²) in [5.74, 6) is 0.773. The third kappa shape index (κ3) is 5.40. The molecule has 6 nitrogen and oxygen atoms in total. The quantitative estimate of drug-likeness (QED) is 0.779. The summed E-state index contributed by atoms with van der Waals surface area (Å²) < 4.78 is 5.69. The van der Waals surface area contributed by atoms with Gasteiger partial charge >= 0.3 is 0 Å². The number of aryl methyl sites for hydroxylation is 1. The van der Waals surface area contributed by atoms with Crippen molar-refractivity contribution in [1.82, 2.24) is 5.16 Å². The molecule has 0 bridgehead atoms. The van der Waals surface area contributed by atoms with Crippen LogP contribution in [-0.2, 0) is 9.59 Å². The molecule has 2 N–H and O–H groups in total. The van der Waals surface area contributed by atoms with E-state index < -0.39 is 5.25 Å². The fraction of sp³-hybridized carbons (Fsp3) is 0.267. The minimum absolute atomic E-state index is 0.168. The van der Waals surface area contributed by atoms with Crippen molar-refractivity contribution in [1.29, 1.82) is 0 Å². The van der Waals surface area contributed by atoms with E-state index in [2.05, 4.69) is 31.7 Å². The third-order valence-corrected chi connectivity index (χ3v) is 4.70. The summed E-state index contributed by atoms with van der Waals surface area (Å²) in [5, 5.41) is 8.74. The van der Waals surface area contributed by atoms with Crippen LogP contribution < -0.4 is 10.6 Å². The highest BCUT2D eigenvalue weighted by atomic mass is 79.9. The lowest BCUT2D eigenvalue weighted by atomic mass is 10.3. The molecule has 0 aliphatic rings. The van der Waals surface area contributed by atoms with Gasteiger partial charge in [-0.2, -0.15) is 0 Å². The average Bonchev–Trinajstić information content (AvgIpc) is 2.92. The van der Waals surface area contributed by atoms with Crippen LogP contribution in [0.2, 0.25) is 0 Å². The number of nitrogens with one attached hydrogen (secondary N) is 2. The van der Waals surface area contributed by atoms with Gasteiger partial charge in [0, 0.05) is 10.5 Å². The highest BCUT2D eigenvalue weighted by Crippen LogP contribution is 2.22. The van der Waals surface area contributed by atoms with Gasteiger partial charge in [0.05, 0.1) is 16.7 Å². The molecule has 0 radical (unpaired) electrons. The fourth-order valence-corrected chi connectivity index (χ4v) is 2.75. The molecule has 122 valence electrons. The molecule has 1 unspecified atom stereocenters. The largest absolute Gasteiger partial charge is 0.360 e. The number of para-hydroxylation sites is 1. The first kappa shape index (κ1) is 17.6. The predicted octanol–water partition coefficient (Wildman–Crippen LogP) is 3.44. The molecule has 0 saturated carbocycles. The van der Waals surface area contributed by atoms with Crippen LogP contribution in [0.25, 0.3) is 0 Å². The first-order chi connectivity index (χ1) is 11.0. The lowest BCUT2D eigenvalue weighted by molar-refractivity contribution is -0.115. The molecule has 0 aliphatic carbocycles. The molecular formula is C15H16BrN3O3S. The number of nitrogens with zero attached hydrogens (tertiary/aromatic N) is 1. The van der Waals surface area contributed by atoms with E-state index in [1.54, 1.807) is 26.0 Å². The summed E-state index contributed by atoms with van der Waals surface area (Å²) >= 11 is 4.61. The highest BCUT2D eigenvalue weighted by molar-refractivity contribution is 9.10. The normalized spacial score (nSPS) is 11.8. The van der Waals surface area contributed by atoms with Gasteiger partial charge in [-0.05, 0) is 41.9 Å². The van der Waals surface area contributed by atoms with E-state index in [1.165, 1.54) is 11.8 Å². The van der Waals surface area contributed by atoms with Gasteiger partial charge in [-0.1, -0.05) is 17.3 Å². The molecule has 0 spiro atoms. The number of aromatic nitrogens is 1. The molecule has 0 aliphatic heterocycles. The van der Waals surface area contributed by atoms with E-state index in [9.17, 15) is 9.59 Å². The van der Waals surface area contributed by atoms with Gasteiger partial charge < -0.3 is 15.2 Å². The van der Waals surface area contributed by atoms with Crippen molar-refractivity contribution in [2.24, 2.45) is 0 Å². The Morgan fingerprint density at radius 2 is 2.09 bits per heavy atom. The van der Waals surface area contributed by atoms with Gasteiger partial charge in [0.25, 0.3) is 0 Å². The summed E-state index contributed by atoms with van der Waals surface area (Å²) in [5.41, 5.74) is 0.702. The molecule has 2 amide bonds. The van der Waals surface area contributed by atoms with Crippen LogP contribution >= 0.6 is 27.7 Å². The molecule has 8 heteroatoms. The van der Waals surface area contributed by atoms with E-state index in [0.717, 1.165) is 4.47 Å². The molecule has 2 rings (SSSR count). The van der Waals surface area contributed by atoms with Crippen molar-refractivity contribution in [3.8, 4) is 0 Å². The maximum atomic E-state index is 12.0. The number of benzene rings is 1. The van der Waals surface area contributed by atoms with Crippen LogP contribution in [0.1, 0.15) is 12.7 Å². The lowest BCUT2D eigenvalue weighted by Gasteiger charge is -2.11. The van der Waals surface area contributed by atoms with Gasteiger partial charge in [-0.25, -0.2) is 0 Å². The van der Waals surface area contributed by atoms with E-state index in [4.69, 9.17) is 4.52 Å². The second kappa shape index (κ2) is 8.16. The summed E-state index contributed by atoms with van der Waals surface area (Å²) in [4.78, 5) is 23.9. The lowest BCUT2D eigenvalue weighted by Crippen LogP contribution is -2.25. The van der Waals surface area contributed by atoms with Crippen molar-refractivity contribution in [2.45, 2.75) is 19.1 Å². The summed E-state index contributed by atoms with van der Waals surface area (Å²) in [6.45, 7) is 3.48. The SMILES string of the molecule is Cc1cc(NC(=O)C(C)SCC(=O)Nc2ccccc2Br)no1. The van der Waals surface area contributed by atoms with Gasteiger partial charge in [-0.15, -0.1) is 11.8 Å². The molecular weight excluding hydrogens is 382 g/mol. The molecule has 1 atom stereocenters. The van der Waals surface area contributed by atoms with Crippen molar-refractivity contribution < 1.29 is 14.1 Å². The van der Waals surface area contributed by atoms with Gasteiger partial charge in [-0.3, -0.25) is 9.59 Å². The van der Waals surface area contributed by atoms with Crippen LogP contribution in [0.15, 0.2) is 39.3 Å². The second-order valence-electron chi connectivity index (χ2n) is 4.79. The number of thioether (sulfide) groups is 1. The van der Waals surface area contributed by atoms with Crippen LogP contribution in [0.4, 0.5) is 11.5 Å². The molecule has 2 aromatic rings. The van der Waals surface area contributed by atoms with Gasteiger partial charge in [0.1, 0.15) is 5.76 Å². The van der Waals surface area contributed by atoms with Crippen LogP contribution in [-0.4, -0.2) is 28.0 Å². The fourth-order valence-electron chi connectivity index (χ4n) is 1.68. The monoisotopic (exact) mass is 397 g/mol. The van der Waals surface area contributed by atoms with Gasteiger partial charge in [0.15, 0.2) is 5.82 Å². The second-order valence-corrected chi connectivity index (χ2v) is 6.98. The standard InChI is InChI=1S/C15H16BrN3O3S/c1-9-7-13(19-22-9)18-15(21)10(2)23-8-14(20)17-12-6-4-3-5-11(12)16/h3-7,10H,8H2,1-2H3,(H,17,20)(H,18,19,21). The predicted molar refractivity (Wildman–Crippen MR) is 94.6 cm³/mol. The van der Waals surface area contributed by atoms with E-state index in [-0.39, 0.29) is 17.6 Å². The Hall–Kier alpha value is -1.80. The van der Waals surface area contributed by atoms with Crippen LogP contribution in [0, 0.1) is 6.92 Å². The van der Waals surface area contributed by atoms with E-state index in [1.807, 2.05) is 18.2 Å². The number of hydrogen-bond acceptors (Lipinski definition) is 5. The average molecular weight is 398 g/mol. The number of carbonyl (C=O) groups excluding carboxylic acids is 2. The van der Waals surface area contributed by atoms with Crippen molar-refractivity contribution in [3.05, 3.63) is 40.6 Å². The summed E-state index contributed by atoms with van der Waals surface area (Å²) in [6, 6.07) is 8.99. The Labute approximate surface area is 146 Å². The van der Waals surface area contributed by atoms with E-state index >= 15 is 0 Å². The summed E-state index contributed by atoms with van der Waals surface area (Å²) in [6.07, 6.45) is 0. The Bertz CT molecular complexity index is 705. The molecule has 23 heavy (non-hydrogen) atoms. The number of anilines is 2. The minimum Gasteiger partial charge on any atom is -0.360 e. The topological polar surface area (TPSA) is 84.2 Å². The molecule has 1 aromatic carbocycles. The third-order valence-electron chi connectivity index (χ3n) is 2.86. The maximum Gasteiger partial charge on any atom is 0.238 e. The number of hydrogen-bond donors (Lipinski definition) is 2. The zero-order chi connectivity index (χ0) is 16.8. The Balaban J connectivity index is 1.79. The first-order valence-corrected chi connectivity index (χ1v) is 8.70. The van der Waals surface area contributed by atoms with Crippen molar-refractivity contribution in [2.75, 3.05) is 16.4 Å². The Morgan fingerprint density at radius 3 is 2.74 bits per heavy atom. The molecule has 1 aromatic heterocycles. The molecule has 0 fully saturated rings. The van der Waals surface area contributed by atoms with Gasteiger partial charge in [0.2, 0.25) is 11.8 Å².